The average molecular weight is 383 g/mol. The highest BCUT2D eigenvalue weighted by Gasteiger charge is 2.05. The van der Waals surface area contributed by atoms with E-state index in [0.717, 1.165) is 37.2 Å². The van der Waals surface area contributed by atoms with Crippen LogP contribution in [0, 0.1) is 5.92 Å². The van der Waals surface area contributed by atoms with Crippen molar-refractivity contribution in [1.29, 1.82) is 0 Å². The second kappa shape index (κ2) is 12.9. The van der Waals surface area contributed by atoms with Crippen LogP contribution in [0.4, 0.5) is 0 Å². The number of rotatable bonds is 14. The molecule has 0 aliphatic rings. The van der Waals surface area contributed by atoms with E-state index >= 15 is 0 Å². The van der Waals surface area contributed by atoms with Gasteiger partial charge in [-0.1, -0.05) is 45.6 Å². The van der Waals surface area contributed by atoms with Gasteiger partial charge in [0, 0.05) is 5.56 Å². The number of hydrogen-bond acceptors (Lipinski definition) is 4. The van der Waals surface area contributed by atoms with Crippen LogP contribution in [0.2, 0.25) is 0 Å². The highest BCUT2D eigenvalue weighted by atomic mass is 16.5. The SMILES string of the molecule is C=CCCCCCCCOc1ccc(-c2ncc(OCC(C)CC)cn2)cc1. The molecule has 0 radical (unpaired) electrons. The van der Waals surface area contributed by atoms with Gasteiger partial charge in [0.1, 0.15) is 5.75 Å². The molecule has 1 unspecified atom stereocenters. The first-order chi connectivity index (χ1) is 13.7. The Labute approximate surface area is 170 Å². The molecule has 28 heavy (non-hydrogen) atoms. The van der Waals surface area contributed by atoms with Crippen molar-refractivity contribution in [2.45, 2.75) is 58.8 Å². The summed E-state index contributed by atoms with van der Waals surface area (Å²) in [6.07, 6.45) is 13.8. The molecule has 0 spiro atoms. The summed E-state index contributed by atoms with van der Waals surface area (Å²) in [7, 11) is 0. The van der Waals surface area contributed by atoms with Gasteiger partial charge in [-0.2, -0.15) is 0 Å². The lowest BCUT2D eigenvalue weighted by atomic mass is 10.1. The predicted molar refractivity (Wildman–Crippen MR) is 116 cm³/mol. The third kappa shape index (κ3) is 8.12. The summed E-state index contributed by atoms with van der Waals surface area (Å²) in [5.41, 5.74) is 0.975. The molecule has 0 N–H and O–H groups in total. The molecule has 0 amide bonds. The minimum Gasteiger partial charge on any atom is -0.494 e. The Morgan fingerprint density at radius 1 is 0.929 bits per heavy atom. The van der Waals surface area contributed by atoms with Gasteiger partial charge in [-0.15, -0.1) is 6.58 Å². The molecule has 152 valence electrons. The minimum atomic E-state index is 0.532. The second-order valence-electron chi connectivity index (χ2n) is 7.28. The molecule has 0 saturated heterocycles. The van der Waals surface area contributed by atoms with E-state index in [4.69, 9.17) is 9.47 Å². The lowest BCUT2D eigenvalue weighted by Crippen LogP contribution is -2.07. The molecule has 4 nitrogen and oxygen atoms in total. The van der Waals surface area contributed by atoms with E-state index in [1.807, 2.05) is 30.3 Å². The first-order valence-electron chi connectivity index (χ1n) is 10.5. The van der Waals surface area contributed by atoms with E-state index in [1.54, 1.807) is 12.4 Å². The number of ether oxygens (including phenoxy) is 2. The van der Waals surface area contributed by atoms with E-state index < -0.39 is 0 Å². The maximum absolute atomic E-state index is 5.83. The minimum absolute atomic E-state index is 0.532. The van der Waals surface area contributed by atoms with E-state index in [0.29, 0.717) is 24.1 Å². The van der Waals surface area contributed by atoms with Gasteiger partial charge in [0.15, 0.2) is 11.6 Å². The molecule has 1 aromatic heterocycles. The van der Waals surface area contributed by atoms with Gasteiger partial charge in [0.2, 0.25) is 0 Å². The molecule has 2 rings (SSSR count). The monoisotopic (exact) mass is 382 g/mol. The second-order valence-corrected chi connectivity index (χ2v) is 7.28. The largest absolute Gasteiger partial charge is 0.494 e. The number of nitrogens with zero attached hydrogens (tertiary/aromatic N) is 2. The fraction of sp³-hybridized carbons (Fsp3) is 0.500. The molecule has 1 aromatic carbocycles. The molecule has 1 atom stereocenters. The smallest absolute Gasteiger partial charge is 0.159 e. The lowest BCUT2D eigenvalue weighted by molar-refractivity contribution is 0.255. The molecule has 0 aliphatic heterocycles. The fourth-order valence-electron chi connectivity index (χ4n) is 2.71. The van der Waals surface area contributed by atoms with Crippen LogP contribution in [-0.2, 0) is 0 Å². The fourth-order valence-corrected chi connectivity index (χ4v) is 2.71. The van der Waals surface area contributed by atoms with Crippen LogP contribution in [-0.4, -0.2) is 23.2 Å². The number of unbranched alkanes of at least 4 members (excludes halogenated alkanes) is 5. The Hall–Kier alpha value is -2.36. The predicted octanol–water partition coefficient (Wildman–Crippen LogP) is 6.47. The van der Waals surface area contributed by atoms with E-state index in [9.17, 15) is 0 Å². The van der Waals surface area contributed by atoms with Crippen molar-refractivity contribution in [3.8, 4) is 22.9 Å². The zero-order valence-corrected chi connectivity index (χ0v) is 17.4. The molecule has 0 aliphatic carbocycles. The molecule has 4 heteroatoms. The zero-order chi connectivity index (χ0) is 20.0. The van der Waals surface area contributed by atoms with Crippen LogP contribution in [0.15, 0.2) is 49.3 Å². The van der Waals surface area contributed by atoms with Crippen molar-refractivity contribution >= 4 is 0 Å². The van der Waals surface area contributed by atoms with Crippen LogP contribution in [0.1, 0.15) is 58.8 Å². The zero-order valence-electron chi connectivity index (χ0n) is 17.4. The van der Waals surface area contributed by atoms with Crippen LogP contribution in [0.5, 0.6) is 11.5 Å². The number of aromatic nitrogens is 2. The Morgan fingerprint density at radius 3 is 2.29 bits per heavy atom. The van der Waals surface area contributed by atoms with Gasteiger partial charge in [-0.3, -0.25) is 0 Å². The quantitative estimate of drug-likeness (QED) is 0.277. The number of hydrogen-bond donors (Lipinski definition) is 0. The van der Waals surface area contributed by atoms with Gasteiger partial charge in [0.05, 0.1) is 25.6 Å². The third-order valence-corrected chi connectivity index (χ3v) is 4.79. The molecule has 1 heterocycles. The molecule has 0 saturated carbocycles. The Bertz CT molecular complexity index is 668. The van der Waals surface area contributed by atoms with E-state index in [2.05, 4.69) is 30.4 Å². The first kappa shape index (κ1) is 21.9. The molecular formula is C24H34N2O2. The average Bonchev–Trinajstić information content (AvgIpc) is 2.74. The van der Waals surface area contributed by atoms with Gasteiger partial charge < -0.3 is 9.47 Å². The van der Waals surface area contributed by atoms with Crippen LogP contribution in [0.25, 0.3) is 11.4 Å². The highest BCUT2D eigenvalue weighted by molar-refractivity contribution is 5.56. The van der Waals surface area contributed by atoms with Crippen molar-refractivity contribution < 1.29 is 9.47 Å². The van der Waals surface area contributed by atoms with Gasteiger partial charge in [0.25, 0.3) is 0 Å². The summed E-state index contributed by atoms with van der Waals surface area (Å²) in [5.74, 6) is 2.84. The van der Waals surface area contributed by atoms with Crippen molar-refractivity contribution in [2.75, 3.05) is 13.2 Å². The van der Waals surface area contributed by atoms with Crippen LogP contribution in [0.3, 0.4) is 0 Å². The third-order valence-electron chi connectivity index (χ3n) is 4.79. The molecular weight excluding hydrogens is 348 g/mol. The molecule has 0 bridgehead atoms. The normalized spacial score (nSPS) is 11.8. The Kier molecular flexibility index (Phi) is 10.1. The topological polar surface area (TPSA) is 44.2 Å². The molecule has 2 aromatic rings. The van der Waals surface area contributed by atoms with Gasteiger partial charge in [-0.25, -0.2) is 9.97 Å². The maximum atomic E-state index is 5.83. The van der Waals surface area contributed by atoms with Gasteiger partial charge in [-0.05, 0) is 49.4 Å². The van der Waals surface area contributed by atoms with Crippen molar-refractivity contribution in [1.82, 2.24) is 9.97 Å². The summed E-state index contributed by atoms with van der Waals surface area (Å²) in [6, 6.07) is 7.96. The number of allylic oxidation sites excluding steroid dienone is 1. The standard InChI is InChI=1S/C24H34N2O2/c1-4-6-7-8-9-10-11-16-27-22-14-12-21(13-15-22)24-25-17-23(18-26-24)28-19-20(3)5-2/h4,12-15,17-18,20H,1,5-11,16,19H2,2-3H3. The Morgan fingerprint density at radius 2 is 1.61 bits per heavy atom. The lowest BCUT2D eigenvalue weighted by Gasteiger charge is -2.10. The summed E-state index contributed by atoms with van der Waals surface area (Å²) in [6.45, 7) is 9.54. The first-order valence-corrected chi connectivity index (χ1v) is 10.5. The summed E-state index contributed by atoms with van der Waals surface area (Å²) < 4.78 is 11.5. The van der Waals surface area contributed by atoms with Gasteiger partial charge >= 0.3 is 0 Å². The van der Waals surface area contributed by atoms with E-state index in [-0.39, 0.29) is 0 Å². The molecule has 0 fully saturated rings. The Balaban J connectivity index is 1.72. The highest BCUT2D eigenvalue weighted by Crippen LogP contribution is 2.21. The van der Waals surface area contributed by atoms with Crippen LogP contribution < -0.4 is 9.47 Å². The van der Waals surface area contributed by atoms with Crippen molar-refractivity contribution in [2.24, 2.45) is 5.92 Å². The summed E-state index contributed by atoms with van der Waals surface area (Å²) in [4.78, 5) is 8.83. The number of benzene rings is 1. The van der Waals surface area contributed by atoms with Crippen LogP contribution >= 0.6 is 0 Å². The van der Waals surface area contributed by atoms with Crippen molar-refractivity contribution in [3.05, 3.63) is 49.3 Å². The summed E-state index contributed by atoms with van der Waals surface area (Å²) in [5, 5.41) is 0. The summed E-state index contributed by atoms with van der Waals surface area (Å²) >= 11 is 0. The van der Waals surface area contributed by atoms with E-state index in [1.165, 1.54) is 25.7 Å². The van der Waals surface area contributed by atoms with Crippen molar-refractivity contribution in [3.63, 3.8) is 0 Å². The maximum Gasteiger partial charge on any atom is 0.159 e.